The Kier molecular flexibility index (Phi) is 5.34. The van der Waals surface area contributed by atoms with Crippen LogP contribution in [-0.2, 0) is 11.3 Å². The molecule has 3 aromatic heterocycles. The zero-order valence-corrected chi connectivity index (χ0v) is 17.8. The van der Waals surface area contributed by atoms with Crippen molar-refractivity contribution in [2.45, 2.75) is 37.8 Å². The Bertz CT molecular complexity index is 957. The molecule has 0 saturated heterocycles. The molecule has 2 atom stereocenters. The zero-order valence-electron chi connectivity index (χ0n) is 13.8. The average molecular weight is 471 g/mol. The number of pyridine rings is 1. The van der Waals surface area contributed by atoms with Crippen molar-refractivity contribution in [2.75, 3.05) is 5.32 Å². The molecule has 0 aromatic carbocycles. The molecular weight excluding hydrogens is 454 g/mol. The molecule has 136 valence electrons. The molecule has 26 heavy (non-hydrogen) atoms. The number of nitrogens with two attached hydrogens (primary N) is 1. The van der Waals surface area contributed by atoms with Crippen molar-refractivity contribution < 1.29 is 4.79 Å². The van der Waals surface area contributed by atoms with Crippen LogP contribution in [0.4, 0.5) is 5.69 Å². The van der Waals surface area contributed by atoms with Crippen molar-refractivity contribution >= 4 is 71.9 Å². The van der Waals surface area contributed by atoms with Crippen LogP contribution in [0.15, 0.2) is 28.1 Å². The lowest BCUT2D eigenvalue weighted by atomic mass is 9.83. The fraction of sp³-hybridized carbons (Fsp3) is 0.333. The molecule has 2 unspecified atom stereocenters. The van der Waals surface area contributed by atoms with Gasteiger partial charge in [-0.1, -0.05) is 17.7 Å². The number of halogens is 2. The molecular formula is C18H17BrClN3OS2. The highest BCUT2D eigenvalue weighted by molar-refractivity contribution is 9.10. The fourth-order valence-corrected chi connectivity index (χ4v) is 6.45. The summed E-state index contributed by atoms with van der Waals surface area (Å²) >= 11 is 13.3. The number of thiophene rings is 2. The SMILES string of the molecule is NC1C(=O)CCCC1c1sc2c(NCc3cccs3)cc(Cl)nc2c1Br. The Labute approximate surface area is 172 Å². The number of ketones is 1. The molecule has 0 radical (unpaired) electrons. The first-order chi connectivity index (χ1) is 12.5. The van der Waals surface area contributed by atoms with Crippen molar-refractivity contribution in [1.82, 2.24) is 4.98 Å². The van der Waals surface area contributed by atoms with Gasteiger partial charge < -0.3 is 11.1 Å². The summed E-state index contributed by atoms with van der Waals surface area (Å²) in [6.45, 7) is 0.736. The molecule has 8 heteroatoms. The van der Waals surface area contributed by atoms with Crippen molar-refractivity contribution in [3.8, 4) is 0 Å². The van der Waals surface area contributed by atoms with E-state index in [2.05, 4.69) is 37.7 Å². The van der Waals surface area contributed by atoms with Crippen molar-refractivity contribution in [3.63, 3.8) is 0 Å². The smallest absolute Gasteiger partial charge is 0.150 e. The van der Waals surface area contributed by atoms with Crippen molar-refractivity contribution in [1.29, 1.82) is 0 Å². The van der Waals surface area contributed by atoms with Gasteiger partial charge in [0.2, 0.25) is 0 Å². The summed E-state index contributed by atoms with van der Waals surface area (Å²) in [4.78, 5) is 18.9. The molecule has 4 nitrogen and oxygen atoms in total. The van der Waals surface area contributed by atoms with Crippen LogP contribution in [0.5, 0.6) is 0 Å². The summed E-state index contributed by atoms with van der Waals surface area (Å²) in [7, 11) is 0. The molecule has 3 aromatic rings. The molecule has 0 aliphatic heterocycles. The lowest BCUT2D eigenvalue weighted by Crippen LogP contribution is -2.39. The van der Waals surface area contributed by atoms with Crippen LogP contribution in [-0.4, -0.2) is 16.8 Å². The second-order valence-corrected chi connectivity index (χ2v) is 9.64. The number of fused-ring (bicyclic) bond motifs is 1. The first-order valence-electron chi connectivity index (χ1n) is 8.37. The van der Waals surface area contributed by atoms with E-state index in [1.165, 1.54) is 4.88 Å². The first kappa shape index (κ1) is 18.4. The van der Waals surface area contributed by atoms with Gasteiger partial charge in [0.1, 0.15) is 10.9 Å². The van der Waals surface area contributed by atoms with Gasteiger partial charge in [0.15, 0.2) is 0 Å². The summed E-state index contributed by atoms with van der Waals surface area (Å²) in [6, 6.07) is 5.56. The van der Waals surface area contributed by atoms with E-state index in [0.717, 1.165) is 44.6 Å². The predicted octanol–water partition coefficient (Wildman–Crippen LogP) is 5.55. The third-order valence-corrected chi connectivity index (χ3v) is 8.17. The normalized spacial score (nSPS) is 20.7. The minimum absolute atomic E-state index is 0.0359. The lowest BCUT2D eigenvalue weighted by Gasteiger charge is -2.26. The lowest BCUT2D eigenvalue weighted by molar-refractivity contribution is -0.122. The number of carbonyl (C=O) groups is 1. The third kappa shape index (κ3) is 3.43. The van der Waals surface area contributed by atoms with Gasteiger partial charge in [0.25, 0.3) is 0 Å². The minimum atomic E-state index is -0.439. The van der Waals surface area contributed by atoms with E-state index in [0.29, 0.717) is 11.6 Å². The van der Waals surface area contributed by atoms with Crippen LogP contribution < -0.4 is 11.1 Å². The average Bonchev–Trinajstić information content (AvgIpc) is 3.24. The number of aromatic nitrogens is 1. The summed E-state index contributed by atoms with van der Waals surface area (Å²) in [5.74, 6) is 0.182. The maximum Gasteiger partial charge on any atom is 0.150 e. The van der Waals surface area contributed by atoms with Gasteiger partial charge in [0.05, 0.1) is 26.4 Å². The Morgan fingerprint density at radius 1 is 1.46 bits per heavy atom. The van der Waals surface area contributed by atoms with Crippen molar-refractivity contribution in [3.05, 3.63) is 43.0 Å². The summed E-state index contributed by atoms with van der Waals surface area (Å²) < 4.78 is 1.95. The number of hydrogen-bond donors (Lipinski definition) is 2. The van der Waals surface area contributed by atoms with Gasteiger partial charge >= 0.3 is 0 Å². The number of carbonyl (C=O) groups excluding carboxylic acids is 1. The van der Waals surface area contributed by atoms with Gasteiger partial charge in [-0.25, -0.2) is 4.98 Å². The molecule has 1 fully saturated rings. The monoisotopic (exact) mass is 469 g/mol. The van der Waals surface area contributed by atoms with Crippen LogP contribution in [0.3, 0.4) is 0 Å². The highest BCUT2D eigenvalue weighted by Gasteiger charge is 2.33. The van der Waals surface area contributed by atoms with Crippen LogP contribution in [0.2, 0.25) is 5.15 Å². The molecule has 3 N–H and O–H groups in total. The number of rotatable bonds is 4. The highest BCUT2D eigenvalue weighted by Crippen LogP contribution is 2.46. The van der Waals surface area contributed by atoms with Gasteiger partial charge in [-0.2, -0.15) is 0 Å². The van der Waals surface area contributed by atoms with Crippen LogP contribution in [0, 0.1) is 0 Å². The Hall–Kier alpha value is -0.990. The second-order valence-electron chi connectivity index (χ2n) is 6.37. The largest absolute Gasteiger partial charge is 0.379 e. The molecule has 1 aliphatic carbocycles. The van der Waals surface area contributed by atoms with Gasteiger partial charge in [-0.05, 0) is 40.2 Å². The third-order valence-electron chi connectivity index (χ3n) is 4.69. The summed E-state index contributed by atoms with van der Waals surface area (Å²) in [5.41, 5.74) is 8.00. The van der Waals surface area contributed by atoms with E-state index >= 15 is 0 Å². The number of Topliss-reactive ketones (excluding diaryl/α,β-unsaturated/α-hetero) is 1. The molecule has 3 heterocycles. The minimum Gasteiger partial charge on any atom is -0.379 e. The van der Waals surface area contributed by atoms with E-state index in [-0.39, 0.29) is 11.7 Å². The second kappa shape index (κ2) is 7.56. The number of anilines is 1. The molecule has 0 spiro atoms. The Balaban J connectivity index is 1.73. The quantitative estimate of drug-likeness (QED) is 0.491. The molecule has 0 amide bonds. The number of hydrogen-bond acceptors (Lipinski definition) is 6. The highest BCUT2D eigenvalue weighted by atomic mass is 79.9. The number of nitrogens with one attached hydrogen (secondary N) is 1. The Morgan fingerprint density at radius 3 is 3.08 bits per heavy atom. The summed E-state index contributed by atoms with van der Waals surface area (Å²) in [5, 5.41) is 5.98. The van der Waals surface area contributed by atoms with E-state index in [4.69, 9.17) is 17.3 Å². The van der Waals surface area contributed by atoms with E-state index in [9.17, 15) is 4.79 Å². The van der Waals surface area contributed by atoms with Crippen LogP contribution in [0.1, 0.15) is 34.9 Å². The predicted molar refractivity (Wildman–Crippen MR) is 114 cm³/mol. The molecule has 4 rings (SSSR count). The molecule has 0 bridgehead atoms. The van der Waals surface area contributed by atoms with E-state index < -0.39 is 6.04 Å². The van der Waals surface area contributed by atoms with E-state index in [1.54, 1.807) is 22.7 Å². The topological polar surface area (TPSA) is 68.0 Å². The Morgan fingerprint density at radius 2 is 2.31 bits per heavy atom. The van der Waals surface area contributed by atoms with Gasteiger partial charge in [0, 0.05) is 34.7 Å². The first-order valence-corrected chi connectivity index (χ1v) is 11.2. The maximum absolute atomic E-state index is 12.1. The van der Waals surface area contributed by atoms with Crippen LogP contribution >= 0.6 is 50.2 Å². The summed E-state index contributed by atoms with van der Waals surface area (Å²) in [6.07, 6.45) is 2.39. The van der Waals surface area contributed by atoms with Gasteiger partial charge in [-0.3, -0.25) is 4.79 Å². The molecule has 1 saturated carbocycles. The van der Waals surface area contributed by atoms with Crippen molar-refractivity contribution in [2.24, 2.45) is 5.73 Å². The molecule has 1 aliphatic rings. The standard InChI is InChI=1S/C18H17BrClN3OS2/c19-14-16-18(26-17(14)10-4-1-5-12(24)15(10)21)11(7-13(20)23-16)22-8-9-3-2-6-25-9/h2-3,6-7,10,15H,1,4-5,8,21H2,(H,22,23). The van der Waals surface area contributed by atoms with Gasteiger partial charge in [-0.15, -0.1) is 22.7 Å². The fourth-order valence-electron chi connectivity index (χ4n) is 3.35. The number of nitrogens with zero attached hydrogens (tertiary/aromatic N) is 1. The zero-order chi connectivity index (χ0) is 18.3. The van der Waals surface area contributed by atoms with E-state index in [1.807, 2.05) is 12.1 Å². The van der Waals surface area contributed by atoms with Crippen LogP contribution in [0.25, 0.3) is 10.2 Å². The maximum atomic E-state index is 12.1.